The molecule has 2 aliphatic rings. The first-order valence-corrected chi connectivity index (χ1v) is 8.60. The summed E-state index contributed by atoms with van der Waals surface area (Å²) in [5, 5.41) is 3.14. The fourth-order valence-corrected chi connectivity index (χ4v) is 2.75. The molecule has 3 amide bonds. The van der Waals surface area contributed by atoms with Crippen LogP contribution >= 0.6 is 0 Å². The molecule has 0 radical (unpaired) electrons. The number of hydroxylamine groups is 2. The molecule has 1 aromatic heterocycles. The third-order valence-corrected chi connectivity index (χ3v) is 4.81. The highest BCUT2D eigenvalue weighted by Gasteiger charge is 2.43. The molecule has 9 nitrogen and oxygen atoms in total. The average molecular weight is 372 g/mol. The largest absolute Gasteiger partial charge is 0.366 e. The topological polar surface area (TPSA) is 118 Å². The molecule has 1 atom stereocenters. The molecule has 1 aromatic rings. The van der Waals surface area contributed by atoms with Crippen LogP contribution in [0.3, 0.4) is 0 Å². The van der Waals surface area contributed by atoms with Gasteiger partial charge in [-0.3, -0.25) is 19.4 Å². The van der Waals surface area contributed by atoms with Crippen LogP contribution in [0.2, 0.25) is 0 Å². The Labute approximate surface area is 155 Å². The molecule has 9 heteroatoms. The minimum absolute atomic E-state index is 0.000542. The monoisotopic (exact) mass is 372 g/mol. The normalized spacial score (nSPS) is 22.3. The predicted octanol–water partition coefficient (Wildman–Crippen LogP) is 0.902. The van der Waals surface area contributed by atoms with E-state index in [1.807, 2.05) is 13.8 Å². The summed E-state index contributed by atoms with van der Waals surface area (Å²) < 4.78 is 0. The van der Waals surface area contributed by atoms with Gasteiger partial charge in [-0.1, -0.05) is 13.8 Å². The van der Waals surface area contributed by atoms with Crippen molar-refractivity contribution in [1.82, 2.24) is 15.4 Å². The number of pyridine rings is 1. The van der Waals surface area contributed by atoms with Gasteiger partial charge in [0, 0.05) is 19.0 Å². The third kappa shape index (κ3) is 3.20. The lowest BCUT2D eigenvalue weighted by molar-refractivity contribution is -0.172. The van der Waals surface area contributed by atoms with E-state index in [4.69, 9.17) is 4.84 Å². The average Bonchev–Trinajstić information content (AvgIpc) is 3.09. The summed E-state index contributed by atoms with van der Waals surface area (Å²) in [6.45, 7) is 7.17. The van der Waals surface area contributed by atoms with Crippen LogP contribution in [0.5, 0.6) is 0 Å². The minimum Gasteiger partial charge on any atom is -0.325 e. The number of hydrogen-bond acceptors (Lipinski definition) is 7. The van der Waals surface area contributed by atoms with Gasteiger partial charge in [-0.2, -0.15) is 0 Å². The van der Waals surface area contributed by atoms with E-state index in [1.54, 1.807) is 13.8 Å². The fourth-order valence-electron chi connectivity index (χ4n) is 2.75. The van der Waals surface area contributed by atoms with Gasteiger partial charge < -0.3 is 10.2 Å². The minimum atomic E-state index is -0.982. The van der Waals surface area contributed by atoms with E-state index < -0.39 is 23.3 Å². The Hall–Kier alpha value is -3.10. The molecule has 3 heterocycles. The molecule has 1 N–H and O–H groups in total. The number of aromatic nitrogens is 1. The SMILES string of the molecule is Cc1cnc(C2=NC(C)(C(C)C)C(=O)N2)c(C(=O)ON2C(=O)CCC2=O)c1. The van der Waals surface area contributed by atoms with Crippen molar-refractivity contribution in [3.05, 3.63) is 29.1 Å². The second-order valence-electron chi connectivity index (χ2n) is 7.09. The van der Waals surface area contributed by atoms with E-state index in [2.05, 4.69) is 15.3 Å². The van der Waals surface area contributed by atoms with Gasteiger partial charge in [0.25, 0.3) is 17.7 Å². The van der Waals surface area contributed by atoms with Crippen LogP contribution in [0.15, 0.2) is 17.3 Å². The Balaban J connectivity index is 1.97. The zero-order chi connectivity index (χ0) is 19.9. The lowest BCUT2D eigenvalue weighted by Crippen LogP contribution is -2.41. The summed E-state index contributed by atoms with van der Waals surface area (Å²) in [5.74, 6) is -2.28. The van der Waals surface area contributed by atoms with Crippen LogP contribution in [-0.4, -0.2) is 45.1 Å². The Morgan fingerprint density at radius 2 is 1.89 bits per heavy atom. The van der Waals surface area contributed by atoms with E-state index in [0.29, 0.717) is 10.6 Å². The van der Waals surface area contributed by atoms with Crippen molar-refractivity contribution in [3.63, 3.8) is 0 Å². The second-order valence-corrected chi connectivity index (χ2v) is 7.09. The molecule has 1 saturated heterocycles. The van der Waals surface area contributed by atoms with E-state index in [1.165, 1.54) is 12.3 Å². The van der Waals surface area contributed by atoms with E-state index >= 15 is 0 Å². The van der Waals surface area contributed by atoms with E-state index in [0.717, 1.165) is 0 Å². The number of aryl methyl sites for hydroxylation is 1. The van der Waals surface area contributed by atoms with Crippen molar-refractivity contribution >= 4 is 29.5 Å². The smallest absolute Gasteiger partial charge is 0.325 e. The molecule has 142 valence electrons. The Bertz CT molecular complexity index is 876. The van der Waals surface area contributed by atoms with Gasteiger partial charge in [-0.25, -0.2) is 9.79 Å². The standard InChI is InChI=1S/C18H20N4O5/c1-9(2)18(4)17(26)20-15(21-18)14-11(7-10(3)8-19-14)16(25)27-22-12(23)5-6-13(22)24/h7-9H,5-6H2,1-4H3,(H,20,21,26). The van der Waals surface area contributed by atoms with Crippen LogP contribution in [-0.2, 0) is 19.2 Å². The molecule has 1 fully saturated rings. The number of imide groups is 1. The zero-order valence-corrected chi connectivity index (χ0v) is 15.5. The Kier molecular flexibility index (Phi) is 4.54. The van der Waals surface area contributed by atoms with Crippen LogP contribution in [0.4, 0.5) is 0 Å². The van der Waals surface area contributed by atoms with Crippen LogP contribution in [0.25, 0.3) is 0 Å². The molecule has 1 unspecified atom stereocenters. The van der Waals surface area contributed by atoms with Crippen LogP contribution in [0.1, 0.15) is 55.2 Å². The van der Waals surface area contributed by atoms with E-state index in [9.17, 15) is 19.2 Å². The second kappa shape index (κ2) is 6.57. The number of carbonyl (C=O) groups is 4. The molecule has 3 rings (SSSR count). The van der Waals surface area contributed by atoms with Crippen LogP contribution in [0, 0.1) is 12.8 Å². The van der Waals surface area contributed by atoms with Crippen molar-refractivity contribution in [1.29, 1.82) is 0 Å². The zero-order valence-electron chi connectivity index (χ0n) is 15.5. The molecule has 27 heavy (non-hydrogen) atoms. The van der Waals surface area contributed by atoms with Gasteiger partial charge in [0.2, 0.25) is 0 Å². The quantitative estimate of drug-likeness (QED) is 0.785. The summed E-state index contributed by atoms with van der Waals surface area (Å²) in [6, 6.07) is 1.51. The summed E-state index contributed by atoms with van der Waals surface area (Å²) in [7, 11) is 0. The molecular weight excluding hydrogens is 352 g/mol. The lowest BCUT2D eigenvalue weighted by Gasteiger charge is -2.21. The highest BCUT2D eigenvalue weighted by Crippen LogP contribution is 2.27. The third-order valence-electron chi connectivity index (χ3n) is 4.81. The maximum Gasteiger partial charge on any atom is 0.366 e. The van der Waals surface area contributed by atoms with Gasteiger partial charge in [0.05, 0.1) is 5.56 Å². The first-order valence-electron chi connectivity index (χ1n) is 8.60. The maximum atomic E-state index is 12.6. The predicted molar refractivity (Wildman–Crippen MR) is 93.4 cm³/mol. The van der Waals surface area contributed by atoms with Gasteiger partial charge in [0.15, 0.2) is 5.84 Å². The first kappa shape index (κ1) is 18.7. The summed E-state index contributed by atoms with van der Waals surface area (Å²) >= 11 is 0. The summed E-state index contributed by atoms with van der Waals surface area (Å²) in [4.78, 5) is 62.0. The number of carbonyl (C=O) groups excluding carboxylic acids is 4. The van der Waals surface area contributed by atoms with Crippen molar-refractivity contribution in [2.75, 3.05) is 0 Å². The number of aliphatic imine (C=N–C) groups is 1. The summed E-state index contributed by atoms with van der Waals surface area (Å²) in [6.07, 6.45) is 1.53. The number of rotatable bonds is 4. The Morgan fingerprint density at radius 3 is 2.44 bits per heavy atom. The number of nitrogens with one attached hydrogen (secondary N) is 1. The number of amidine groups is 1. The highest BCUT2D eigenvalue weighted by molar-refractivity contribution is 6.17. The van der Waals surface area contributed by atoms with Gasteiger partial charge in [0.1, 0.15) is 11.2 Å². The van der Waals surface area contributed by atoms with Crippen LogP contribution < -0.4 is 5.32 Å². The number of nitrogens with zero attached hydrogens (tertiary/aromatic N) is 3. The lowest BCUT2D eigenvalue weighted by atomic mass is 9.89. The van der Waals surface area contributed by atoms with Crippen molar-refractivity contribution in [2.24, 2.45) is 10.9 Å². The maximum absolute atomic E-state index is 12.6. The molecule has 0 bridgehead atoms. The van der Waals surface area contributed by atoms with Crippen molar-refractivity contribution < 1.29 is 24.0 Å². The van der Waals surface area contributed by atoms with Crippen molar-refractivity contribution in [3.8, 4) is 0 Å². The first-order chi connectivity index (χ1) is 12.6. The van der Waals surface area contributed by atoms with Gasteiger partial charge >= 0.3 is 5.97 Å². The molecule has 0 aliphatic carbocycles. The molecule has 2 aliphatic heterocycles. The Morgan fingerprint density at radius 1 is 1.26 bits per heavy atom. The molecule has 0 aromatic carbocycles. The highest BCUT2D eigenvalue weighted by atomic mass is 16.7. The number of amides is 3. The summed E-state index contributed by atoms with van der Waals surface area (Å²) in [5.41, 5.74) is -0.178. The molecule has 0 saturated carbocycles. The molecule has 0 spiro atoms. The van der Waals surface area contributed by atoms with Crippen molar-refractivity contribution in [2.45, 2.75) is 46.1 Å². The van der Waals surface area contributed by atoms with Gasteiger partial charge in [-0.15, -0.1) is 5.06 Å². The van der Waals surface area contributed by atoms with E-state index in [-0.39, 0.29) is 41.8 Å². The van der Waals surface area contributed by atoms with Gasteiger partial charge in [-0.05, 0) is 31.4 Å². The number of hydrogen-bond donors (Lipinski definition) is 1. The fraction of sp³-hybridized carbons (Fsp3) is 0.444. The molecular formula is C18H20N4O5.